The molecule has 0 atom stereocenters. The van der Waals surface area contributed by atoms with Gasteiger partial charge in [0, 0.05) is 25.7 Å². The third-order valence-corrected chi connectivity index (χ3v) is 5.77. The van der Waals surface area contributed by atoms with Gasteiger partial charge in [0.2, 0.25) is 10.0 Å². The summed E-state index contributed by atoms with van der Waals surface area (Å²) in [5.41, 5.74) is 1.19. The summed E-state index contributed by atoms with van der Waals surface area (Å²) >= 11 is 0. The minimum Gasteiger partial charge on any atom is -0.379 e. The molecule has 0 bridgehead atoms. The molecular weight excluding hydrogens is 280 g/mol. The molecule has 2 N–H and O–H groups in total. The van der Waals surface area contributed by atoms with Crippen molar-refractivity contribution in [1.82, 2.24) is 19.8 Å². The lowest BCUT2D eigenvalue weighted by molar-refractivity contribution is 0.0730. The molecule has 2 aliphatic rings. The molecule has 1 aromatic rings. The van der Waals surface area contributed by atoms with Crippen LogP contribution in [0.15, 0.2) is 4.90 Å². The molecular formula is C12H20N4O3S. The van der Waals surface area contributed by atoms with E-state index >= 15 is 0 Å². The summed E-state index contributed by atoms with van der Waals surface area (Å²) in [5.74, 6) is 0. The smallest absolute Gasteiger partial charge is 0.246 e. The number of hydrogen-bond acceptors (Lipinski definition) is 5. The topological polar surface area (TPSA) is 87.3 Å². The van der Waals surface area contributed by atoms with Gasteiger partial charge in [-0.25, -0.2) is 8.42 Å². The van der Waals surface area contributed by atoms with Crippen molar-refractivity contribution >= 4 is 10.0 Å². The van der Waals surface area contributed by atoms with E-state index in [1.54, 1.807) is 6.92 Å². The Morgan fingerprint density at radius 2 is 2.10 bits per heavy atom. The van der Waals surface area contributed by atoms with Gasteiger partial charge in [0.05, 0.1) is 24.6 Å². The first-order valence-corrected chi connectivity index (χ1v) is 8.38. The maximum absolute atomic E-state index is 12.7. The van der Waals surface area contributed by atoms with E-state index in [0.717, 1.165) is 12.8 Å². The zero-order chi connectivity index (χ0) is 14.2. The molecule has 2 heterocycles. The fraction of sp³-hybridized carbons (Fsp3) is 0.750. The van der Waals surface area contributed by atoms with E-state index in [2.05, 4.69) is 15.5 Å². The SMILES string of the molecule is Cc1[nH]nc(CNC2CC2)c1S(=O)(=O)N1CCOCC1. The predicted octanol–water partition coefficient (Wildman–Crippen LogP) is -0.00898. The van der Waals surface area contributed by atoms with Gasteiger partial charge in [-0.2, -0.15) is 9.40 Å². The van der Waals surface area contributed by atoms with Crippen LogP contribution < -0.4 is 5.32 Å². The van der Waals surface area contributed by atoms with Crippen molar-refractivity contribution in [2.45, 2.75) is 37.2 Å². The number of H-pyrrole nitrogens is 1. The normalized spacial score (nSPS) is 21.2. The van der Waals surface area contributed by atoms with E-state index in [1.807, 2.05) is 0 Å². The van der Waals surface area contributed by atoms with Crippen LogP contribution in [0.25, 0.3) is 0 Å². The average molecular weight is 300 g/mol. The molecule has 7 nitrogen and oxygen atoms in total. The van der Waals surface area contributed by atoms with Crippen LogP contribution in [-0.2, 0) is 21.3 Å². The number of aryl methyl sites for hydroxylation is 1. The van der Waals surface area contributed by atoms with Crippen molar-refractivity contribution in [2.75, 3.05) is 26.3 Å². The standard InChI is InChI=1S/C12H20N4O3S/c1-9-12(11(15-14-9)8-13-10-2-3-10)20(17,18)16-4-6-19-7-5-16/h10,13H,2-8H2,1H3,(H,14,15). The summed E-state index contributed by atoms with van der Waals surface area (Å²) < 4.78 is 32.2. The van der Waals surface area contributed by atoms with Crippen molar-refractivity contribution in [1.29, 1.82) is 0 Å². The number of hydrogen-bond donors (Lipinski definition) is 2. The Kier molecular flexibility index (Phi) is 3.80. The van der Waals surface area contributed by atoms with Gasteiger partial charge in [-0.05, 0) is 19.8 Å². The van der Waals surface area contributed by atoms with Crippen LogP contribution in [0.2, 0.25) is 0 Å². The van der Waals surface area contributed by atoms with Crippen LogP contribution in [0, 0.1) is 6.92 Å². The maximum Gasteiger partial charge on any atom is 0.246 e. The molecule has 1 aliphatic carbocycles. The highest BCUT2D eigenvalue weighted by atomic mass is 32.2. The van der Waals surface area contributed by atoms with E-state index in [-0.39, 0.29) is 0 Å². The summed E-state index contributed by atoms with van der Waals surface area (Å²) in [6.45, 7) is 3.96. The number of rotatable bonds is 5. The van der Waals surface area contributed by atoms with Crippen molar-refractivity contribution < 1.29 is 13.2 Å². The molecule has 0 amide bonds. The zero-order valence-electron chi connectivity index (χ0n) is 11.6. The molecule has 0 aromatic carbocycles. The largest absolute Gasteiger partial charge is 0.379 e. The summed E-state index contributed by atoms with van der Waals surface area (Å²) in [7, 11) is -3.49. The van der Waals surface area contributed by atoms with E-state index in [9.17, 15) is 8.42 Å². The monoisotopic (exact) mass is 300 g/mol. The van der Waals surface area contributed by atoms with E-state index < -0.39 is 10.0 Å². The second kappa shape index (κ2) is 5.44. The zero-order valence-corrected chi connectivity index (χ0v) is 12.4. The number of aromatic amines is 1. The summed E-state index contributed by atoms with van der Waals surface area (Å²) in [5, 5.41) is 10.3. The Balaban J connectivity index is 1.84. The minimum absolute atomic E-state index is 0.326. The lowest BCUT2D eigenvalue weighted by atomic mass is 10.3. The highest BCUT2D eigenvalue weighted by molar-refractivity contribution is 7.89. The number of nitrogens with one attached hydrogen (secondary N) is 2. The third-order valence-electron chi connectivity index (χ3n) is 3.66. The van der Waals surface area contributed by atoms with Crippen LogP contribution in [0.3, 0.4) is 0 Å². The molecule has 0 spiro atoms. The van der Waals surface area contributed by atoms with Crippen LogP contribution >= 0.6 is 0 Å². The van der Waals surface area contributed by atoms with E-state index in [0.29, 0.717) is 55.2 Å². The van der Waals surface area contributed by atoms with E-state index in [1.165, 1.54) is 4.31 Å². The first-order valence-electron chi connectivity index (χ1n) is 6.94. The Labute approximate surface area is 118 Å². The Bertz CT molecular complexity index is 574. The highest BCUT2D eigenvalue weighted by Gasteiger charge is 2.32. The first-order chi connectivity index (χ1) is 9.59. The van der Waals surface area contributed by atoms with Crippen molar-refractivity contribution in [3.05, 3.63) is 11.4 Å². The van der Waals surface area contributed by atoms with Gasteiger partial charge < -0.3 is 10.1 Å². The summed E-state index contributed by atoms with van der Waals surface area (Å²) in [4.78, 5) is 0.326. The molecule has 0 radical (unpaired) electrons. The predicted molar refractivity (Wildman–Crippen MR) is 72.8 cm³/mol. The minimum atomic E-state index is -3.49. The number of morpholine rings is 1. The lowest BCUT2D eigenvalue weighted by Gasteiger charge is -2.26. The fourth-order valence-corrected chi connectivity index (χ4v) is 4.11. The Morgan fingerprint density at radius 3 is 2.75 bits per heavy atom. The van der Waals surface area contributed by atoms with Crippen molar-refractivity contribution in [3.63, 3.8) is 0 Å². The summed E-state index contributed by atoms with van der Waals surface area (Å²) in [6, 6.07) is 0.519. The van der Waals surface area contributed by atoms with Gasteiger partial charge in [0.15, 0.2) is 0 Å². The average Bonchev–Trinajstić information content (AvgIpc) is 3.20. The Morgan fingerprint density at radius 1 is 1.40 bits per heavy atom. The molecule has 112 valence electrons. The molecule has 20 heavy (non-hydrogen) atoms. The molecule has 8 heteroatoms. The molecule has 3 rings (SSSR count). The van der Waals surface area contributed by atoms with E-state index in [4.69, 9.17) is 4.74 Å². The van der Waals surface area contributed by atoms with Gasteiger partial charge in [-0.1, -0.05) is 0 Å². The van der Waals surface area contributed by atoms with Crippen molar-refractivity contribution in [3.8, 4) is 0 Å². The first kappa shape index (κ1) is 14.0. The van der Waals surface area contributed by atoms with Crippen LogP contribution in [0.5, 0.6) is 0 Å². The van der Waals surface area contributed by atoms with Crippen molar-refractivity contribution in [2.24, 2.45) is 0 Å². The molecule has 2 fully saturated rings. The number of sulfonamides is 1. The van der Waals surface area contributed by atoms with Gasteiger partial charge in [-0.3, -0.25) is 5.10 Å². The second-order valence-electron chi connectivity index (χ2n) is 5.30. The molecule has 1 saturated heterocycles. The van der Waals surface area contributed by atoms with Gasteiger partial charge >= 0.3 is 0 Å². The maximum atomic E-state index is 12.7. The van der Waals surface area contributed by atoms with Crippen LogP contribution in [0.1, 0.15) is 24.2 Å². The molecule has 1 saturated carbocycles. The number of aromatic nitrogens is 2. The van der Waals surface area contributed by atoms with Gasteiger partial charge in [0.25, 0.3) is 0 Å². The third kappa shape index (κ3) is 2.73. The van der Waals surface area contributed by atoms with Gasteiger partial charge in [0.1, 0.15) is 4.90 Å². The Hall–Kier alpha value is -0.960. The number of nitrogens with zero attached hydrogens (tertiary/aromatic N) is 2. The highest BCUT2D eigenvalue weighted by Crippen LogP contribution is 2.24. The number of ether oxygens (including phenoxy) is 1. The lowest BCUT2D eigenvalue weighted by Crippen LogP contribution is -2.41. The second-order valence-corrected chi connectivity index (χ2v) is 7.17. The van der Waals surface area contributed by atoms with Crippen LogP contribution in [-0.4, -0.2) is 55.3 Å². The van der Waals surface area contributed by atoms with Crippen LogP contribution in [0.4, 0.5) is 0 Å². The fourth-order valence-electron chi connectivity index (χ4n) is 2.38. The summed E-state index contributed by atoms with van der Waals surface area (Å²) in [6.07, 6.45) is 2.32. The molecule has 0 unspecified atom stereocenters. The molecule has 1 aromatic heterocycles. The quantitative estimate of drug-likeness (QED) is 0.799. The van der Waals surface area contributed by atoms with Gasteiger partial charge in [-0.15, -0.1) is 0 Å². The molecule has 1 aliphatic heterocycles.